The number of urea groups is 1. The number of piperazine rings is 1. The molecular formula is C19H23N5O2. The molecule has 0 radical (unpaired) electrons. The Kier molecular flexibility index (Phi) is 5.68. The van der Waals surface area contributed by atoms with Crippen molar-refractivity contribution in [3.05, 3.63) is 54.4 Å². The fourth-order valence-electron chi connectivity index (χ4n) is 2.92. The molecule has 0 saturated carbocycles. The number of aromatic nitrogens is 1. The molecule has 1 aliphatic rings. The highest BCUT2D eigenvalue weighted by molar-refractivity contribution is 5.88. The van der Waals surface area contributed by atoms with Crippen LogP contribution < -0.4 is 15.5 Å². The average Bonchev–Trinajstić information content (AvgIpc) is 2.67. The van der Waals surface area contributed by atoms with Crippen molar-refractivity contribution in [2.24, 2.45) is 0 Å². The van der Waals surface area contributed by atoms with Crippen molar-refractivity contribution in [3.63, 3.8) is 0 Å². The predicted molar refractivity (Wildman–Crippen MR) is 101 cm³/mol. The molecule has 2 N–H and O–H groups in total. The fourth-order valence-corrected chi connectivity index (χ4v) is 2.92. The number of rotatable bonds is 4. The Hall–Kier alpha value is -3.09. The molecule has 0 unspecified atom stereocenters. The Bertz CT molecular complexity index is 740. The highest BCUT2D eigenvalue weighted by Gasteiger charge is 2.21. The van der Waals surface area contributed by atoms with Crippen molar-refractivity contribution in [3.8, 4) is 0 Å². The summed E-state index contributed by atoms with van der Waals surface area (Å²) in [5, 5.41) is 5.71. The van der Waals surface area contributed by atoms with Gasteiger partial charge in [0.25, 0.3) is 0 Å². The highest BCUT2D eigenvalue weighted by atomic mass is 16.2. The lowest BCUT2D eigenvalue weighted by atomic mass is 10.2. The zero-order valence-electron chi connectivity index (χ0n) is 14.8. The van der Waals surface area contributed by atoms with Crippen LogP contribution in [0.5, 0.6) is 0 Å². The van der Waals surface area contributed by atoms with Gasteiger partial charge in [-0.1, -0.05) is 0 Å². The molecule has 1 saturated heterocycles. The van der Waals surface area contributed by atoms with Crippen molar-refractivity contribution >= 4 is 23.3 Å². The molecule has 0 aliphatic carbocycles. The lowest BCUT2D eigenvalue weighted by Gasteiger charge is -2.36. The minimum Gasteiger partial charge on any atom is -0.368 e. The van der Waals surface area contributed by atoms with Crippen molar-refractivity contribution in [2.75, 3.05) is 36.4 Å². The van der Waals surface area contributed by atoms with E-state index in [0.717, 1.165) is 30.0 Å². The van der Waals surface area contributed by atoms with Crippen molar-refractivity contribution < 1.29 is 9.59 Å². The Morgan fingerprint density at radius 1 is 1.00 bits per heavy atom. The monoisotopic (exact) mass is 353 g/mol. The van der Waals surface area contributed by atoms with Gasteiger partial charge in [-0.2, -0.15) is 0 Å². The third kappa shape index (κ3) is 4.72. The number of benzene rings is 1. The molecular weight excluding hydrogens is 330 g/mol. The topological polar surface area (TPSA) is 77.6 Å². The predicted octanol–water partition coefficient (Wildman–Crippen LogP) is 2.07. The molecule has 0 atom stereocenters. The molecule has 1 aromatic carbocycles. The summed E-state index contributed by atoms with van der Waals surface area (Å²) in [5.41, 5.74) is 2.91. The number of anilines is 2. The van der Waals surface area contributed by atoms with Crippen LogP contribution in [-0.4, -0.2) is 48.0 Å². The number of carbonyl (C=O) groups excluding carboxylic acids is 2. The molecule has 2 heterocycles. The molecule has 3 amide bonds. The zero-order chi connectivity index (χ0) is 18.4. The molecule has 26 heavy (non-hydrogen) atoms. The molecule has 0 spiro atoms. The number of pyridine rings is 1. The van der Waals surface area contributed by atoms with Crippen LogP contribution in [0.15, 0.2) is 48.8 Å². The van der Waals surface area contributed by atoms with Crippen LogP contribution >= 0.6 is 0 Å². The van der Waals surface area contributed by atoms with Gasteiger partial charge in [0, 0.05) is 63.4 Å². The zero-order valence-corrected chi connectivity index (χ0v) is 14.8. The number of carbonyl (C=O) groups is 2. The first kappa shape index (κ1) is 17.7. The van der Waals surface area contributed by atoms with Crippen LogP contribution in [0, 0.1) is 0 Å². The van der Waals surface area contributed by atoms with Gasteiger partial charge in [-0.15, -0.1) is 0 Å². The van der Waals surface area contributed by atoms with E-state index in [1.165, 1.54) is 6.92 Å². The molecule has 1 aliphatic heterocycles. The van der Waals surface area contributed by atoms with E-state index in [2.05, 4.69) is 20.5 Å². The lowest BCUT2D eigenvalue weighted by Crippen LogP contribution is -2.51. The van der Waals surface area contributed by atoms with E-state index < -0.39 is 0 Å². The van der Waals surface area contributed by atoms with Crippen LogP contribution in [-0.2, 0) is 11.3 Å². The first-order valence-electron chi connectivity index (χ1n) is 8.66. The molecule has 3 rings (SSSR count). The Morgan fingerprint density at radius 2 is 1.65 bits per heavy atom. The van der Waals surface area contributed by atoms with Crippen LogP contribution in [0.3, 0.4) is 0 Å². The van der Waals surface area contributed by atoms with E-state index in [9.17, 15) is 9.59 Å². The fraction of sp³-hybridized carbons (Fsp3) is 0.316. The van der Waals surface area contributed by atoms with Gasteiger partial charge >= 0.3 is 6.03 Å². The maximum Gasteiger partial charge on any atom is 0.317 e. The van der Waals surface area contributed by atoms with Crippen LogP contribution in [0.1, 0.15) is 12.5 Å². The van der Waals surface area contributed by atoms with E-state index in [0.29, 0.717) is 19.6 Å². The summed E-state index contributed by atoms with van der Waals surface area (Å²) < 4.78 is 0. The number of hydrogen-bond acceptors (Lipinski definition) is 4. The average molecular weight is 353 g/mol. The molecule has 136 valence electrons. The molecule has 1 fully saturated rings. The maximum atomic E-state index is 12.3. The quantitative estimate of drug-likeness (QED) is 0.882. The highest BCUT2D eigenvalue weighted by Crippen LogP contribution is 2.19. The molecule has 7 heteroatoms. The van der Waals surface area contributed by atoms with E-state index in [-0.39, 0.29) is 11.9 Å². The van der Waals surface area contributed by atoms with Gasteiger partial charge in [0.05, 0.1) is 0 Å². The van der Waals surface area contributed by atoms with E-state index in [4.69, 9.17) is 0 Å². The molecule has 2 aromatic rings. The largest absolute Gasteiger partial charge is 0.368 e. The summed E-state index contributed by atoms with van der Waals surface area (Å²) in [6, 6.07) is 11.5. The molecule has 0 bridgehead atoms. The first-order valence-corrected chi connectivity index (χ1v) is 8.66. The summed E-state index contributed by atoms with van der Waals surface area (Å²) in [7, 11) is 0. The number of amides is 3. The normalized spacial score (nSPS) is 14.0. The summed E-state index contributed by atoms with van der Waals surface area (Å²) >= 11 is 0. The number of nitrogens with zero attached hydrogens (tertiary/aromatic N) is 3. The van der Waals surface area contributed by atoms with Crippen LogP contribution in [0.2, 0.25) is 0 Å². The van der Waals surface area contributed by atoms with Gasteiger partial charge in [0.1, 0.15) is 0 Å². The van der Waals surface area contributed by atoms with Crippen molar-refractivity contribution in [1.29, 1.82) is 0 Å². The first-order chi connectivity index (χ1) is 12.6. The SMILES string of the molecule is CC(=O)Nc1ccc(N2CCN(C(=O)NCc3ccncc3)CC2)cc1. The van der Waals surface area contributed by atoms with Gasteiger partial charge in [0.15, 0.2) is 0 Å². The van der Waals surface area contributed by atoms with Crippen molar-refractivity contribution in [1.82, 2.24) is 15.2 Å². The Morgan fingerprint density at radius 3 is 2.27 bits per heavy atom. The van der Waals surface area contributed by atoms with Gasteiger partial charge in [0.2, 0.25) is 5.91 Å². The summed E-state index contributed by atoms with van der Waals surface area (Å²) in [6.07, 6.45) is 3.44. The summed E-state index contributed by atoms with van der Waals surface area (Å²) in [4.78, 5) is 31.4. The second kappa shape index (κ2) is 8.33. The second-order valence-corrected chi connectivity index (χ2v) is 6.22. The number of hydrogen-bond donors (Lipinski definition) is 2. The van der Waals surface area contributed by atoms with E-state index >= 15 is 0 Å². The number of nitrogens with one attached hydrogen (secondary N) is 2. The molecule has 7 nitrogen and oxygen atoms in total. The molecule has 1 aromatic heterocycles. The third-order valence-corrected chi connectivity index (χ3v) is 4.31. The smallest absolute Gasteiger partial charge is 0.317 e. The van der Waals surface area contributed by atoms with E-state index in [1.807, 2.05) is 41.3 Å². The van der Waals surface area contributed by atoms with E-state index in [1.54, 1.807) is 12.4 Å². The van der Waals surface area contributed by atoms with Gasteiger partial charge < -0.3 is 20.4 Å². The maximum absolute atomic E-state index is 12.3. The standard InChI is InChI=1S/C19H23N5O2/c1-15(25)22-17-2-4-18(5-3-17)23-10-12-24(13-11-23)19(26)21-14-16-6-8-20-9-7-16/h2-9H,10-14H2,1H3,(H,21,26)(H,22,25). The second-order valence-electron chi connectivity index (χ2n) is 6.22. The third-order valence-electron chi connectivity index (χ3n) is 4.31. The Balaban J connectivity index is 1.47. The Labute approximate surface area is 153 Å². The van der Waals surface area contributed by atoms with Crippen LogP contribution in [0.4, 0.5) is 16.2 Å². The summed E-state index contributed by atoms with van der Waals surface area (Å²) in [6.45, 7) is 4.91. The van der Waals surface area contributed by atoms with Gasteiger partial charge in [-0.25, -0.2) is 4.79 Å². The lowest BCUT2D eigenvalue weighted by molar-refractivity contribution is -0.114. The van der Waals surface area contributed by atoms with Gasteiger partial charge in [-0.05, 0) is 42.0 Å². The minimum atomic E-state index is -0.0795. The van der Waals surface area contributed by atoms with Gasteiger partial charge in [-0.3, -0.25) is 9.78 Å². The summed E-state index contributed by atoms with van der Waals surface area (Å²) in [5.74, 6) is -0.0795. The minimum absolute atomic E-state index is 0.0394. The van der Waals surface area contributed by atoms with Crippen molar-refractivity contribution in [2.45, 2.75) is 13.5 Å². The van der Waals surface area contributed by atoms with Crippen LogP contribution in [0.25, 0.3) is 0 Å².